The lowest BCUT2D eigenvalue weighted by Gasteiger charge is -2.25. The van der Waals surface area contributed by atoms with E-state index in [4.69, 9.17) is 0 Å². The van der Waals surface area contributed by atoms with E-state index in [1.54, 1.807) is 6.20 Å². The minimum Gasteiger partial charge on any atom is -0.338 e. The fourth-order valence-corrected chi connectivity index (χ4v) is 3.85. The minimum absolute atomic E-state index is 0.00587. The third-order valence-electron chi connectivity index (χ3n) is 4.50. The number of thiazole rings is 1. The molecule has 0 radical (unpaired) electrons. The average Bonchev–Trinajstić information content (AvgIpc) is 3.35. The Kier molecular flexibility index (Phi) is 5.01. The minimum atomic E-state index is -0.357. The molecule has 3 aromatic rings. The molecule has 1 aliphatic heterocycles. The van der Waals surface area contributed by atoms with Crippen molar-refractivity contribution in [3.63, 3.8) is 0 Å². The van der Waals surface area contributed by atoms with Gasteiger partial charge in [0.1, 0.15) is 10.5 Å². The Morgan fingerprint density at radius 2 is 2.00 bits per heavy atom. The van der Waals surface area contributed by atoms with Crippen molar-refractivity contribution in [3.8, 4) is 0 Å². The molecule has 0 atom stereocenters. The van der Waals surface area contributed by atoms with E-state index in [0.29, 0.717) is 16.6 Å². The Hall–Kier alpha value is -2.94. The SMILES string of the molecule is O=C(NCc1ccn2ccnc2c1)Nc1ncc(C(=O)N2CCCCC2)s1. The van der Waals surface area contributed by atoms with Gasteiger partial charge in [-0.3, -0.25) is 10.1 Å². The topological polar surface area (TPSA) is 91.6 Å². The quantitative estimate of drug-likeness (QED) is 0.723. The molecule has 140 valence electrons. The number of nitrogens with zero attached hydrogens (tertiary/aromatic N) is 4. The molecule has 4 rings (SSSR count). The van der Waals surface area contributed by atoms with Gasteiger partial charge >= 0.3 is 6.03 Å². The van der Waals surface area contributed by atoms with Crippen LogP contribution in [0.2, 0.25) is 0 Å². The Labute approximate surface area is 160 Å². The van der Waals surface area contributed by atoms with E-state index in [9.17, 15) is 9.59 Å². The van der Waals surface area contributed by atoms with Gasteiger partial charge < -0.3 is 14.6 Å². The Balaban J connectivity index is 1.31. The zero-order chi connectivity index (χ0) is 18.6. The Bertz CT molecular complexity index is 960. The lowest BCUT2D eigenvalue weighted by atomic mass is 10.1. The molecule has 3 aromatic heterocycles. The predicted octanol–water partition coefficient (Wildman–Crippen LogP) is 2.74. The number of nitrogens with one attached hydrogen (secondary N) is 2. The van der Waals surface area contributed by atoms with Crippen LogP contribution in [0, 0.1) is 0 Å². The summed E-state index contributed by atoms with van der Waals surface area (Å²) >= 11 is 1.20. The summed E-state index contributed by atoms with van der Waals surface area (Å²) in [5.74, 6) is -0.00587. The third kappa shape index (κ3) is 4.08. The van der Waals surface area contributed by atoms with Crippen molar-refractivity contribution in [1.29, 1.82) is 0 Å². The van der Waals surface area contributed by atoms with Crippen LogP contribution in [0.25, 0.3) is 5.65 Å². The second-order valence-corrected chi connectivity index (χ2v) is 7.45. The van der Waals surface area contributed by atoms with Crippen LogP contribution in [0.15, 0.2) is 36.9 Å². The van der Waals surface area contributed by atoms with Gasteiger partial charge in [-0.2, -0.15) is 0 Å². The van der Waals surface area contributed by atoms with Gasteiger partial charge in [0.05, 0.1) is 6.20 Å². The summed E-state index contributed by atoms with van der Waals surface area (Å²) in [7, 11) is 0. The smallest absolute Gasteiger partial charge is 0.321 e. The number of piperidine rings is 1. The Morgan fingerprint density at radius 3 is 2.85 bits per heavy atom. The molecular weight excluding hydrogens is 364 g/mol. The maximum absolute atomic E-state index is 12.5. The molecule has 0 bridgehead atoms. The number of hydrogen-bond donors (Lipinski definition) is 2. The largest absolute Gasteiger partial charge is 0.338 e. The van der Waals surface area contributed by atoms with Crippen LogP contribution < -0.4 is 10.6 Å². The zero-order valence-corrected chi connectivity index (χ0v) is 15.5. The number of rotatable bonds is 4. The molecule has 0 aliphatic carbocycles. The van der Waals surface area contributed by atoms with Crippen molar-refractivity contribution in [1.82, 2.24) is 24.6 Å². The van der Waals surface area contributed by atoms with E-state index in [0.717, 1.165) is 37.1 Å². The number of anilines is 1. The summed E-state index contributed by atoms with van der Waals surface area (Å²) in [4.78, 5) is 35.3. The number of pyridine rings is 1. The highest BCUT2D eigenvalue weighted by atomic mass is 32.1. The maximum atomic E-state index is 12.5. The maximum Gasteiger partial charge on any atom is 0.321 e. The van der Waals surface area contributed by atoms with Gasteiger partial charge in [-0.1, -0.05) is 11.3 Å². The first-order valence-electron chi connectivity index (χ1n) is 8.90. The predicted molar refractivity (Wildman–Crippen MR) is 103 cm³/mol. The third-order valence-corrected chi connectivity index (χ3v) is 5.40. The van der Waals surface area contributed by atoms with Crippen molar-refractivity contribution >= 4 is 34.1 Å². The van der Waals surface area contributed by atoms with Crippen LogP contribution in [0.5, 0.6) is 0 Å². The van der Waals surface area contributed by atoms with Gasteiger partial charge in [0.25, 0.3) is 5.91 Å². The summed E-state index contributed by atoms with van der Waals surface area (Å²) < 4.78 is 1.90. The molecule has 2 N–H and O–H groups in total. The van der Waals surface area contributed by atoms with E-state index < -0.39 is 0 Å². The van der Waals surface area contributed by atoms with E-state index in [1.165, 1.54) is 24.0 Å². The van der Waals surface area contributed by atoms with Crippen LogP contribution >= 0.6 is 11.3 Å². The van der Waals surface area contributed by atoms with Gasteiger partial charge in [0, 0.05) is 38.2 Å². The molecular formula is C18H20N6O2S. The summed E-state index contributed by atoms with van der Waals surface area (Å²) in [6.45, 7) is 1.96. The molecule has 1 aliphatic rings. The van der Waals surface area contributed by atoms with E-state index in [-0.39, 0.29) is 11.9 Å². The van der Waals surface area contributed by atoms with Gasteiger partial charge in [-0.25, -0.2) is 14.8 Å². The number of carbonyl (C=O) groups excluding carboxylic acids is 2. The molecule has 0 spiro atoms. The number of imidazole rings is 1. The summed E-state index contributed by atoms with van der Waals surface area (Å²) in [5.41, 5.74) is 1.78. The zero-order valence-electron chi connectivity index (χ0n) is 14.7. The highest BCUT2D eigenvalue weighted by Crippen LogP contribution is 2.21. The summed E-state index contributed by atoms with van der Waals surface area (Å²) in [6, 6.07) is 3.48. The van der Waals surface area contributed by atoms with Crippen molar-refractivity contribution in [3.05, 3.63) is 47.4 Å². The molecule has 1 fully saturated rings. The second kappa shape index (κ2) is 7.75. The number of aromatic nitrogens is 3. The number of fused-ring (bicyclic) bond motifs is 1. The lowest BCUT2D eigenvalue weighted by Crippen LogP contribution is -2.35. The fraction of sp³-hybridized carbons (Fsp3) is 0.333. The van der Waals surface area contributed by atoms with Crippen molar-refractivity contribution in [2.75, 3.05) is 18.4 Å². The van der Waals surface area contributed by atoms with Crippen LogP contribution in [0.4, 0.5) is 9.93 Å². The van der Waals surface area contributed by atoms with Gasteiger partial charge in [0.15, 0.2) is 5.13 Å². The van der Waals surface area contributed by atoms with Crippen molar-refractivity contribution in [2.24, 2.45) is 0 Å². The number of hydrogen-bond acceptors (Lipinski definition) is 5. The molecule has 27 heavy (non-hydrogen) atoms. The molecule has 8 nitrogen and oxygen atoms in total. The van der Waals surface area contributed by atoms with Gasteiger partial charge in [-0.05, 0) is 37.0 Å². The number of likely N-dealkylation sites (tertiary alicyclic amines) is 1. The normalized spacial score (nSPS) is 14.3. The highest BCUT2D eigenvalue weighted by molar-refractivity contribution is 7.17. The molecule has 1 saturated heterocycles. The van der Waals surface area contributed by atoms with Crippen molar-refractivity contribution < 1.29 is 9.59 Å². The van der Waals surface area contributed by atoms with E-state index in [2.05, 4.69) is 20.6 Å². The van der Waals surface area contributed by atoms with Crippen LogP contribution in [-0.4, -0.2) is 44.3 Å². The van der Waals surface area contributed by atoms with Crippen molar-refractivity contribution in [2.45, 2.75) is 25.8 Å². The Morgan fingerprint density at radius 1 is 1.15 bits per heavy atom. The second-order valence-electron chi connectivity index (χ2n) is 6.42. The molecule has 0 saturated carbocycles. The summed E-state index contributed by atoms with van der Waals surface area (Å²) in [5, 5.41) is 5.89. The highest BCUT2D eigenvalue weighted by Gasteiger charge is 2.20. The van der Waals surface area contributed by atoms with E-state index >= 15 is 0 Å². The monoisotopic (exact) mass is 384 g/mol. The molecule has 0 aromatic carbocycles. The molecule has 3 amide bonds. The van der Waals surface area contributed by atoms with Crippen LogP contribution in [-0.2, 0) is 6.54 Å². The number of carbonyl (C=O) groups is 2. The van der Waals surface area contributed by atoms with Crippen LogP contribution in [0.3, 0.4) is 0 Å². The standard InChI is InChI=1S/C18H20N6O2S/c25-16(24-6-2-1-3-7-24)14-12-21-18(27-14)22-17(26)20-11-13-4-8-23-9-5-19-15(23)10-13/h4-5,8-10,12H,1-3,6-7,11H2,(H2,20,21,22,26). The molecule has 4 heterocycles. The fourth-order valence-electron chi connectivity index (χ4n) is 3.07. The van der Waals surface area contributed by atoms with Crippen LogP contribution in [0.1, 0.15) is 34.5 Å². The lowest BCUT2D eigenvalue weighted by molar-refractivity contribution is 0.0729. The van der Waals surface area contributed by atoms with Gasteiger partial charge in [0.2, 0.25) is 0 Å². The first kappa shape index (κ1) is 17.5. The van der Waals surface area contributed by atoms with E-state index in [1.807, 2.05) is 33.8 Å². The number of amides is 3. The van der Waals surface area contributed by atoms with Gasteiger partial charge in [-0.15, -0.1) is 0 Å². The first-order valence-corrected chi connectivity index (χ1v) is 9.72. The summed E-state index contributed by atoms with van der Waals surface area (Å²) in [6.07, 6.45) is 10.3. The average molecular weight is 384 g/mol. The molecule has 9 heteroatoms. The number of urea groups is 1. The first-order chi connectivity index (χ1) is 13.2. The molecule has 0 unspecified atom stereocenters.